The lowest BCUT2D eigenvalue weighted by Gasteiger charge is -2.14. The number of carbonyl (C=O) groups excluding carboxylic acids is 1. The predicted octanol–water partition coefficient (Wildman–Crippen LogP) is 5.94. The average Bonchev–Trinajstić information content (AvgIpc) is 3.23. The molecule has 3 aromatic carbocycles. The highest BCUT2D eigenvalue weighted by molar-refractivity contribution is 7.99. The zero-order chi connectivity index (χ0) is 23.4. The Bertz CT molecular complexity index is 1310. The fourth-order valence-corrected chi connectivity index (χ4v) is 4.39. The van der Waals surface area contributed by atoms with Gasteiger partial charge in [-0.1, -0.05) is 59.8 Å². The van der Waals surface area contributed by atoms with Crippen LogP contribution in [0, 0.1) is 13.8 Å². The lowest BCUT2D eigenvalue weighted by Crippen LogP contribution is -2.15. The summed E-state index contributed by atoms with van der Waals surface area (Å²) in [5.41, 5.74) is 4.52. The summed E-state index contributed by atoms with van der Waals surface area (Å²) < 4.78 is 7.28. The molecule has 0 aliphatic carbocycles. The molecule has 4 rings (SSSR count). The molecule has 1 N–H and O–H groups in total. The van der Waals surface area contributed by atoms with Crippen LogP contribution in [0.25, 0.3) is 17.1 Å². The van der Waals surface area contributed by atoms with Gasteiger partial charge in [-0.05, 0) is 55.3 Å². The summed E-state index contributed by atoms with van der Waals surface area (Å²) in [6, 6.07) is 21.0. The zero-order valence-electron chi connectivity index (χ0n) is 18.5. The molecule has 0 saturated carbocycles. The third-order valence-electron chi connectivity index (χ3n) is 5.07. The van der Waals surface area contributed by atoms with Crippen LogP contribution in [0.3, 0.4) is 0 Å². The minimum absolute atomic E-state index is 0.156. The quantitative estimate of drug-likeness (QED) is 0.333. The van der Waals surface area contributed by atoms with Crippen molar-refractivity contribution in [3.63, 3.8) is 0 Å². The monoisotopic (exact) mass is 478 g/mol. The number of aryl methyl sites for hydroxylation is 2. The van der Waals surface area contributed by atoms with Gasteiger partial charge in [0.25, 0.3) is 0 Å². The van der Waals surface area contributed by atoms with Crippen molar-refractivity contribution in [2.24, 2.45) is 0 Å². The normalized spacial score (nSPS) is 10.8. The molecule has 0 radical (unpaired) electrons. The number of carbonyl (C=O) groups is 1. The number of nitrogens with zero attached hydrogens (tertiary/aromatic N) is 3. The number of amides is 1. The van der Waals surface area contributed by atoms with Crippen LogP contribution in [0.1, 0.15) is 11.1 Å². The number of benzene rings is 3. The summed E-state index contributed by atoms with van der Waals surface area (Å²) in [6.07, 6.45) is 0. The molecule has 0 aliphatic rings. The number of para-hydroxylation sites is 2. The summed E-state index contributed by atoms with van der Waals surface area (Å²) in [5, 5.41) is 12.9. The average molecular weight is 479 g/mol. The number of nitrogens with one attached hydrogen (secondary N) is 1. The first-order valence-corrected chi connectivity index (χ1v) is 11.7. The van der Waals surface area contributed by atoms with E-state index in [0.29, 0.717) is 27.4 Å². The molecule has 33 heavy (non-hydrogen) atoms. The van der Waals surface area contributed by atoms with Gasteiger partial charge in [-0.25, -0.2) is 0 Å². The fraction of sp³-hybridized carbons (Fsp3) is 0.160. The number of methoxy groups -OCH3 is 1. The van der Waals surface area contributed by atoms with Crippen molar-refractivity contribution >= 4 is 35.0 Å². The van der Waals surface area contributed by atoms with Gasteiger partial charge < -0.3 is 10.1 Å². The van der Waals surface area contributed by atoms with E-state index in [1.807, 2.05) is 54.8 Å². The second-order valence-corrected chi connectivity index (χ2v) is 8.80. The number of rotatable bonds is 7. The molecule has 0 atom stereocenters. The lowest BCUT2D eigenvalue weighted by atomic mass is 10.1. The van der Waals surface area contributed by atoms with Crippen LogP contribution < -0.4 is 10.1 Å². The van der Waals surface area contributed by atoms with E-state index in [9.17, 15) is 4.79 Å². The number of hydrogen-bond donors (Lipinski definition) is 1. The van der Waals surface area contributed by atoms with E-state index in [0.717, 1.165) is 22.4 Å². The Morgan fingerprint density at radius 2 is 1.82 bits per heavy atom. The van der Waals surface area contributed by atoms with E-state index in [-0.39, 0.29) is 11.7 Å². The van der Waals surface area contributed by atoms with Gasteiger partial charge in [-0.3, -0.25) is 9.36 Å². The van der Waals surface area contributed by atoms with Crippen molar-refractivity contribution in [1.29, 1.82) is 0 Å². The van der Waals surface area contributed by atoms with Crippen molar-refractivity contribution in [1.82, 2.24) is 14.8 Å². The molecular weight excluding hydrogens is 456 g/mol. The molecule has 0 aliphatic heterocycles. The third-order valence-corrected chi connectivity index (χ3v) is 6.33. The van der Waals surface area contributed by atoms with Crippen LogP contribution in [-0.2, 0) is 4.79 Å². The van der Waals surface area contributed by atoms with Gasteiger partial charge in [0.2, 0.25) is 5.91 Å². The smallest absolute Gasteiger partial charge is 0.234 e. The van der Waals surface area contributed by atoms with Gasteiger partial charge in [0.1, 0.15) is 5.75 Å². The Morgan fingerprint density at radius 1 is 1.06 bits per heavy atom. The Hall–Kier alpha value is -3.29. The Kier molecular flexibility index (Phi) is 7.01. The number of halogens is 1. The first kappa shape index (κ1) is 22.9. The molecule has 0 bridgehead atoms. The SMILES string of the molecule is COc1ccccc1NC(=O)CSc1nnc(-c2ccccc2Cl)n1-c1cc(C)ccc1C. The molecule has 0 spiro atoms. The van der Waals surface area contributed by atoms with E-state index in [1.54, 1.807) is 19.2 Å². The Balaban J connectivity index is 1.67. The van der Waals surface area contributed by atoms with Gasteiger partial charge in [-0.15, -0.1) is 10.2 Å². The van der Waals surface area contributed by atoms with Crippen LogP contribution in [0.4, 0.5) is 5.69 Å². The van der Waals surface area contributed by atoms with Crippen molar-refractivity contribution in [2.75, 3.05) is 18.2 Å². The number of ether oxygens (including phenoxy) is 1. The van der Waals surface area contributed by atoms with Crippen molar-refractivity contribution in [2.45, 2.75) is 19.0 Å². The van der Waals surface area contributed by atoms with E-state index in [4.69, 9.17) is 16.3 Å². The van der Waals surface area contributed by atoms with Gasteiger partial charge in [0.15, 0.2) is 11.0 Å². The minimum atomic E-state index is -0.167. The predicted molar refractivity (Wildman–Crippen MR) is 134 cm³/mol. The number of anilines is 1. The van der Waals surface area contributed by atoms with Gasteiger partial charge in [-0.2, -0.15) is 0 Å². The highest BCUT2D eigenvalue weighted by atomic mass is 35.5. The summed E-state index contributed by atoms with van der Waals surface area (Å²) in [6.45, 7) is 4.07. The van der Waals surface area contributed by atoms with E-state index < -0.39 is 0 Å². The van der Waals surface area contributed by atoms with Crippen molar-refractivity contribution < 1.29 is 9.53 Å². The number of hydrogen-bond acceptors (Lipinski definition) is 5. The van der Waals surface area contributed by atoms with E-state index in [1.165, 1.54) is 11.8 Å². The van der Waals surface area contributed by atoms with Crippen LogP contribution in [-0.4, -0.2) is 33.5 Å². The molecule has 0 unspecified atom stereocenters. The molecule has 6 nitrogen and oxygen atoms in total. The standard InChI is InChI=1S/C25H23ClN4O2S/c1-16-12-13-17(2)21(14-16)30-24(18-8-4-5-9-19(18)26)28-29-25(30)33-15-23(31)27-20-10-6-7-11-22(20)32-3/h4-14H,15H2,1-3H3,(H,27,31). The maximum absolute atomic E-state index is 12.7. The largest absolute Gasteiger partial charge is 0.495 e. The van der Waals surface area contributed by atoms with Crippen molar-refractivity contribution in [3.05, 3.63) is 82.9 Å². The van der Waals surface area contributed by atoms with E-state index in [2.05, 4.69) is 33.7 Å². The topological polar surface area (TPSA) is 69.0 Å². The summed E-state index contributed by atoms with van der Waals surface area (Å²) in [7, 11) is 1.57. The molecule has 1 amide bonds. The van der Waals surface area contributed by atoms with Crippen LogP contribution in [0.5, 0.6) is 5.75 Å². The maximum atomic E-state index is 12.7. The molecule has 1 aromatic heterocycles. The Morgan fingerprint density at radius 3 is 2.61 bits per heavy atom. The molecule has 168 valence electrons. The molecule has 0 saturated heterocycles. The Labute approximate surface area is 202 Å². The van der Waals surface area contributed by atoms with Crippen LogP contribution in [0.2, 0.25) is 5.02 Å². The number of thioether (sulfide) groups is 1. The van der Waals surface area contributed by atoms with E-state index >= 15 is 0 Å². The molecule has 4 aromatic rings. The summed E-state index contributed by atoms with van der Waals surface area (Å²) in [5.74, 6) is 1.22. The molecule has 0 fully saturated rings. The second kappa shape index (κ2) is 10.1. The van der Waals surface area contributed by atoms with Crippen LogP contribution >= 0.6 is 23.4 Å². The summed E-state index contributed by atoms with van der Waals surface area (Å²) >= 11 is 7.79. The molecule has 1 heterocycles. The molecule has 8 heteroatoms. The maximum Gasteiger partial charge on any atom is 0.234 e. The highest BCUT2D eigenvalue weighted by Crippen LogP contribution is 2.33. The highest BCUT2D eigenvalue weighted by Gasteiger charge is 2.20. The van der Waals surface area contributed by atoms with Crippen LogP contribution in [0.15, 0.2) is 71.9 Å². The third kappa shape index (κ3) is 5.05. The lowest BCUT2D eigenvalue weighted by molar-refractivity contribution is -0.113. The minimum Gasteiger partial charge on any atom is -0.495 e. The van der Waals surface area contributed by atoms with Gasteiger partial charge in [0.05, 0.1) is 29.3 Å². The molecular formula is C25H23ClN4O2S. The van der Waals surface area contributed by atoms with Crippen molar-refractivity contribution in [3.8, 4) is 22.8 Å². The second-order valence-electron chi connectivity index (χ2n) is 7.45. The zero-order valence-corrected chi connectivity index (χ0v) is 20.1. The first-order valence-electron chi connectivity index (χ1n) is 10.3. The van der Waals surface area contributed by atoms with Gasteiger partial charge in [0, 0.05) is 5.56 Å². The fourth-order valence-electron chi connectivity index (χ4n) is 3.42. The van der Waals surface area contributed by atoms with Gasteiger partial charge >= 0.3 is 0 Å². The first-order chi connectivity index (χ1) is 16.0. The number of aromatic nitrogens is 3. The summed E-state index contributed by atoms with van der Waals surface area (Å²) in [4.78, 5) is 12.7.